The zero-order chi connectivity index (χ0) is 24.8. The lowest BCUT2D eigenvalue weighted by Gasteiger charge is -2.41. The molecule has 6 heterocycles. The summed E-state index contributed by atoms with van der Waals surface area (Å²) in [5.74, 6) is 2.56. The van der Waals surface area contributed by atoms with E-state index < -0.39 is 0 Å². The minimum Gasteiger partial charge on any atom is -0.337 e. The van der Waals surface area contributed by atoms with E-state index in [-0.39, 0.29) is 18.0 Å². The number of aromatic amines is 1. The van der Waals surface area contributed by atoms with E-state index in [1.165, 1.54) is 0 Å². The number of nitrogens with one attached hydrogen (secondary N) is 2. The van der Waals surface area contributed by atoms with Gasteiger partial charge >= 0.3 is 0 Å². The first-order chi connectivity index (χ1) is 17.4. The fraction of sp³-hybridized carbons (Fsp3) is 0.375. The SMILES string of the molecule is Cc1cnn(-c2cnc(C(=O)N3C4CCC3CN(c3nc(C)cc(Nc5cc(C)[nH]n5)n3)C4)cn2)c1. The van der Waals surface area contributed by atoms with Gasteiger partial charge < -0.3 is 15.1 Å². The molecular formula is C24H27N11O. The number of aryl methyl sites for hydroxylation is 3. The summed E-state index contributed by atoms with van der Waals surface area (Å²) >= 11 is 0. The van der Waals surface area contributed by atoms with E-state index in [1.54, 1.807) is 23.3 Å². The Balaban J connectivity index is 1.18. The van der Waals surface area contributed by atoms with Crippen LogP contribution in [0.25, 0.3) is 5.82 Å². The summed E-state index contributed by atoms with van der Waals surface area (Å²) in [5.41, 5.74) is 3.21. The number of hydrogen-bond donors (Lipinski definition) is 2. The van der Waals surface area contributed by atoms with Gasteiger partial charge in [0.25, 0.3) is 5.91 Å². The van der Waals surface area contributed by atoms with Gasteiger partial charge in [0, 0.05) is 42.8 Å². The summed E-state index contributed by atoms with van der Waals surface area (Å²) in [6.45, 7) is 7.21. The lowest BCUT2D eigenvalue weighted by Crippen LogP contribution is -2.56. The Hall–Kier alpha value is -4.35. The maximum absolute atomic E-state index is 13.4. The van der Waals surface area contributed by atoms with Crippen LogP contribution in [0.1, 0.15) is 40.3 Å². The molecule has 0 aromatic carbocycles. The van der Waals surface area contributed by atoms with E-state index in [4.69, 9.17) is 4.98 Å². The minimum absolute atomic E-state index is 0.0704. The van der Waals surface area contributed by atoms with Crippen LogP contribution in [0.4, 0.5) is 17.6 Å². The second kappa shape index (κ2) is 8.70. The van der Waals surface area contributed by atoms with Gasteiger partial charge in [-0.25, -0.2) is 19.6 Å². The molecule has 0 aliphatic carbocycles. The molecule has 1 amide bonds. The number of amides is 1. The normalized spacial score (nSPS) is 19.1. The van der Waals surface area contributed by atoms with Crippen molar-refractivity contribution in [1.82, 2.24) is 44.8 Å². The Morgan fingerprint density at radius 1 is 1.00 bits per heavy atom. The van der Waals surface area contributed by atoms with Crippen LogP contribution >= 0.6 is 0 Å². The van der Waals surface area contributed by atoms with Crippen molar-refractivity contribution in [3.05, 3.63) is 59.6 Å². The highest BCUT2D eigenvalue weighted by molar-refractivity contribution is 5.93. The van der Waals surface area contributed by atoms with Crippen molar-refractivity contribution in [3.8, 4) is 5.82 Å². The molecule has 2 aliphatic rings. The summed E-state index contributed by atoms with van der Waals surface area (Å²) in [7, 11) is 0. The topological polar surface area (TPSA) is 134 Å². The van der Waals surface area contributed by atoms with Crippen molar-refractivity contribution in [2.75, 3.05) is 23.3 Å². The van der Waals surface area contributed by atoms with Crippen LogP contribution < -0.4 is 10.2 Å². The van der Waals surface area contributed by atoms with Crippen LogP contribution in [-0.4, -0.2) is 75.9 Å². The Bertz CT molecular complexity index is 1400. The van der Waals surface area contributed by atoms with Gasteiger partial charge in [0.15, 0.2) is 11.6 Å². The minimum atomic E-state index is -0.0840. The van der Waals surface area contributed by atoms with Gasteiger partial charge in [-0.05, 0) is 39.2 Å². The van der Waals surface area contributed by atoms with Crippen LogP contribution in [0.15, 0.2) is 36.9 Å². The number of rotatable bonds is 5. The molecule has 12 nitrogen and oxygen atoms in total. The number of aromatic nitrogens is 8. The molecule has 36 heavy (non-hydrogen) atoms. The number of nitrogens with zero attached hydrogens (tertiary/aromatic N) is 9. The predicted octanol–water partition coefficient (Wildman–Crippen LogP) is 2.34. The first kappa shape index (κ1) is 22.1. The molecular weight excluding hydrogens is 458 g/mol. The molecule has 2 aliphatic heterocycles. The molecule has 4 aromatic heterocycles. The summed E-state index contributed by atoms with van der Waals surface area (Å²) in [6.07, 6.45) is 8.64. The molecule has 184 valence electrons. The van der Waals surface area contributed by atoms with Crippen molar-refractivity contribution < 1.29 is 4.79 Å². The lowest BCUT2D eigenvalue weighted by molar-refractivity contribution is 0.0634. The van der Waals surface area contributed by atoms with Crippen LogP contribution in [0.5, 0.6) is 0 Å². The third-order valence-electron chi connectivity index (χ3n) is 6.61. The van der Waals surface area contributed by atoms with E-state index in [1.807, 2.05) is 44.0 Å². The third-order valence-corrected chi connectivity index (χ3v) is 6.61. The Morgan fingerprint density at radius 2 is 1.81 bits per heavy atom. The summed E-state index contributed by atoms with van der Waals surface area (Å²) in [6, 6.07) is 3.96. The van der Waals surface area contributed by atoms with Gasteiger partial charge in [0.1, 0.15) is 11.5 Å². The molecule has 2 fully saturated rings. The molecule has 0 saturated carbocycles. The summed E-state index contributed by atoms with van der Waals surface area (Å²) in [4.78, 5) is 35.8. The number of H-pyrrole nitrogens is 1. The van der Waals surface area contributed by atoms with Gasteiger partial charge in [-0.15, -0.1) is 0 Å². The van der Waals surface area contributed by atoms with Gasteiger partial charge in [-0.1, -0.05) is 0 Å². The molecule has 2 bridgehead atoms. The molecule has 2 atom stereocenters. The van der Waals surface area contributed by atoms with Crippen molar-refractivity contribution in [2.45, 2.75) is 45.7 Å². The maximum Gasteiger partial charge on any atom is 0.274 e. The smallest absolute Gasteiger partial charge is 0.274 e. The zero-order valence-electron chi connectivity index (χ0n) is 20.4. The monoisotopic (exact) mass is 485 g/mol. The standard InChI is InChI=1S/C24H27N11O/c1-14-8-27-34(11-14)22-10-25-19(9-26-22)23(36)35-17-4-5-18(35)13-33(12-17)24-28-15(2)6-20(30-24)29-21-7-16(3)31-32-21/h6-11,17-18H,4-5,12-13H2,1-3H3,(H2,28,29,30,31,32). The summed E-state index contributed by atoms with van der Waals surface area (Å²) < 4.78 is 1.65. The first-order valence-electron chi connectivity index (χ1n) is 12.0. The molecule has 2 saturated heterocycles. The van der Waals surface area contributed by atoms with E-state index in [9.17, 15) is 4.79 Å². The second-order valence-electron chi connectivity index (χ2n) is 9.48. The van der Waals surface area contributed by atoms with Crippen LogP contribution in [0.2, 0.25) is 0 Å². The van der Waals surface area contributed by atoms with E-state index in [2.05, 4.69) is 40.5 Å². The number of anilines is 3. The average molecular weight is 486 g/mol. The Labute approximate surface area is 207 Å². The third kappa shape index (κ3) is 4.14. The Morgan fingerprint density at radius 3 is 2.44 bits per heavy atom. The fourth-order valence-corrected chi connectivity index (χ4v) is 4.99. The number of fused-ring (bicyclic) bond motifs is 2. The second-order valence-corrected chi connectivity index (χ2v) is 9.48. The van der Waals surface area contributed by atoms with Crippen molar-refractivity contribution in [3.63, 3.8) is 0 Å². The van der Waals surface area contributed by atoms with Crippen LogP contribution in [-0.2, 0) is 0 Å². The average Bonchev–Trinajstić information content (AvgIpc) is 3.55. The number of carbonyl (C=O) groups is 1. The Kier molecular flexibility index (Phi) is 5.35. The molecule has 0 spiro atoms. The summed E-state index contributed by atoms with van der Waals surface area (Å²) in [5, 5.41) is 14.6. The molecule has 0 radical (unpaired) electrons. The molecule has 6 rings (SSSR count). The van der Waals surface area contributed by atoms with Crippen LogP contribution in [0.3, 0.4) is 0 Å². The number of carbonyl (C=O) groups excluding carboxylic acids is 1. The van der Waals surface area contributed by atoms with E-state index >= 15 is 0 Å². The van der Waals surface area contributed by atoms with Crippen molar-refractivity contribution in [2.24, 2.45) is 0 Å². The first-order valence-corrected chi connectivity index (χ1v) is 12.0. The van der Waals surface area contributed by atoms with Crippen molar-refractivity contribution in [1.29, 1.82) is 0 Å². The van der Waals surface area contributed by atoms with E-state index in [0.29, 0.717) is 42.2 Å². The highest BCUT2D eigenvalue weighted by atomic mass is 16.2. The number of hydrogen-bond acceptors (Lipinski definition) is 9. The predicted molar refractivity (Wildman–Crippen MR) is 132 cm³/mol. The van der Waals surface area contributed by atoms with Gasteiger partial charge in [-0.3, -0.25) is 9.89 Å². The van der Waals surface area contributed by atoms with Crippen LogP contribution in [0, 0.1) is 20.8 Å². The fourth-order valence-electron chi connectivity index (χ4n) is 4.99. The highest BCUT2D eigenvalue weighted by Crippen LogP contribution is 2.33. The van der Waals surface area contributed by atoms with Gasteiger partial charge in [-0.2, -0.15) is 15.2 Å². The molecule has 12 heteroatoms. The van der Waals surface area contributed by atoms with E-state index in [0.717, 1.165) is 29.8 Å². The number of piperazine rings is 1. The molecule has 2 unspecified atom stereocenters. The van der Waals surface area contributed by atoms with Gasteiger partial charge in [0.2, 0.25) is 5.95 Å². The van der Waals surface area contributed by atoms with Crippen molar-refractivity contribution >= 4 is 23.5 Å². The maximum atomic E-state index is 13.4. The zero-order valence-corrected chi connectivity index (χ0v) is 20.4. The molecule has 2 N–H and O–H groups in total. The quantitative estimate of drug-likeness (QED) is 0.437. The largest absolute Gasteiger partial charge is 0.337 e. The lowest BCUT2D eigenvalue weighted by atomic mass is 10.1. The highest BCUT2D eigenvalue weighted by Gasteiger charge is 2.44. The van der Waals surface area contributed by atoms with Gasteiger partial charge in [0.05, 0.1) is 30.7 Å². The molecule has 4 aromatic rings.